The average molecular weight is 230 g/mol. The van der Waals surface area contributed by atoms with Gasteiger partial charge in [0.1, 0.15) is 11.0 Å². The molecule has 0 saturated heterocycles. The van der Waals surface area contributed by atoms with Gasteiger partial charge in [-0.2, -0.15) is 0 Å². The molecule has 1 aromatic carbocycles. The Morgan fingerprint density at radius 1 is 1.21 bits per heavy atom. The maximum Gasteiger partial charge on any atom is 0.131 e. The van der Waals surface area contributed by atoms with Crippen LogP contribution in [-0.4, -0.2) is 4.98 Å². The summed E-state index contributed by atoms with van der Waals surface area (Å²) in [4.78, 5) is 3.98. The number of benzene rings is 1. The first-order valence-electron chi connectivity index (χ1n) is 4.00. The van der Waals surface area contributed by atoms with Crippen LogP contribution in [0.1, 0.15) is 5.56 Å². The lowest BCUT2D eigenvalue weighted by molar-refractivity contribution is 0.620. The average Bonchev–Trinajstić information content (AvgIpc) is 2.08. The van der Waals surface area contributed by atoms with Crippen molar-refractivity contribution >= 4 is 34.1 Å². The van der Waals surface area contributed by atoms with Gasteiger partial charge in [-0.05, 0) is 24.6 Å². The fourth-order valence-corrected chi connectivity index (χ4v) is 1.80. The second kappa shape index (κ2) is 3.37. The summed E-state index contributed by atoms with van der Waals surface area (Å²) >= 11 is 11.6. The van der Waals surface area contributed by atoms with Crippen molar-refractivity contribution in [2.75, 3.05) is 0 Å². The first kappa shape index (κ1) is 9.69. The second-order valence-electron chi connectivity index (χ2n) is 3.05. The van der Waals surface area contributed by atoms with Crippen LogP contribution < -0.4 is 0 Å². The van der Waals surface area contributed by atoms with Crippen molar-refractivity contribution in [3.8, 4) is 0 Å². The highest BCUT2D eigenvalue weighted by Crippen LogP contribution is 2.27. The number of halogens is 3. The largest absolute Gasteiger partial charge is 0.236 e. The normalized spacial score (nSPS) is 10.9. The van der Waals surface area contributed by atoms with Crippen molar-refractivity contribution in [3.63, 3.8) is 0 Å². The Bertz CT molecular complexity index is 511. The molecule has 0 aliphatic carbocycles. The molecule has 0 spiro atoms. The summed E-state index contributed by atoms with van der Waals surface area (Å²) in [6.45, 7) is 1.68. The molecule has 72 valence electrons. The monoisotopic (exact) mass is 229 g/mol. The number of nitrogens with zero attached hydrogens (tertiary/aromatic N) is 1. The number of aryl methyl sites for hydroxylation is 1. The molecule has 14 heavy (non-hydrogen) atoms. The van der Waals surface area contributed by atoms with Crippen LogP contribution in [0.15, 0.2) is 18.2 Å². The van der Waals surface area contributed by atoms with Gasteiger partial charge >= 0.3 is 0 Å². The van der Waals surface area contributed by atoms with Crippen LogP contribution in [0.25, 0.3) is 10.9 Å². The third-order valence-electron chi connectivity index (χ3n) is 2.01. The van der Waals surface area contributed by atoms with Gasteiger partial charge in [0.25, 0.3) is 0 Å². The van der Waals surface area contributed by atoms with Gasteiger partial charge in [0.05, 0.1) is 10.5 Å². The first-order valence-corrected chi connectivity index (χ1v) is 4.75. The summed E-state index contributed by atoms with van der Waals surface area (Å²) in [7, 11) is 0. The lowest BCUT2D eigenvalue weighted by Crippen LogP contribution is -1.87. The molecule has 0 radical (unpaired) electrons. The molecular formula is C10H6Cl2FN. The number of pyridine rings is 1. The van der Waals surface area contributed by atoms with E-state index in [1.165, 1.54) is 6.07 Å². The number of fused-ring (bicyclic) bond motifs is 1. The van der Waals surface area contributed by atoms with Crippen LogP contribution in [-0.2, 0) is 0 Å². The first-order chi connectivity index (χ1) is 6.58. The molecule has 1 aromatic heterocycles. The topological polar surface area (TPSA) is 12.9 Å². The minimum absolute atomic E-state index is 0.269. The number of rotatable bonds is 0. The molecule has 0 unspecified atom stereocenters. The van der Waals surface area contributed by atoms with E-state index in [0.717, 1.165) is 5.39 Å². The van der Waals surface area contributed by atoms with Crippen LogP contribution in [0, 0.1) is 12.7 Å². The minimum atomic E-state index is -0.302. The van der Waals surface area contributed by atoms with Gasteiger partial charge < -0.3 is 0 Å². The molecule has 0 aliphatic heterocycles. The molecule has 4 heteroatoms. The molecule has 0 bridgehead atoms. The Kier molecular flexibility index (Phi) is 2.33. The summed E-state index contributed by atoms with van der Waals surface area (Å²) in [5, 5.41) is 1.48. The summed E-state index contributed by atoms with van der Waals surface area (Å²) < 4.78 is 13.2. The van der Waals surface area contributed by atoms with Crippen LogP contribution in [0.3, 0.4) is 0 Å². The van der Waals surface area contributed by atoms with E-state index < -0.39 is 0 Å². The number of hydrogen-bond donors (Lipinski definition) is 0. The summed E-state index contributed by atoms with van der Waals surface area (Å²) in [6.07, 6.45) is 0. The number of aromatic nitrogens is 1. The zero-order chi connectivity index (χ0) is 10.3. The zero-order valence-corrected chi connectivity index (χ0v) is 8.83. The maximum atomic E-state index is 13.2. The van der Waals surface area contributed by atoms with Gasteiger partial charge in [0.15, 0.2) is 0 Å². The highest BCUT2D eigenvalue weighted by molar-refractivity contribution is 6.37. The standard InChI is InChI=1S/C10H6Cl2FN/c1-5-2-6-7(11)3-10(12)14-9(6)4-8(5)13/h2-4H,1H3. The fraction of sp³-hybridized carbons (Fsp3) is 0.100. The SMILES string of the molecule is Cc1cc2c(Cl)cc(Cl)nc2cc1F. The van der Waals surface area contributed by atoms with Gasteiger partial charge in [-0.15, -0.1) is 0 Å². The molecule has 0 aliphatic rings. The van der Waals surface area contributed by atoms with Crippen molar-refractivity contribution in [1.29, 1.82) is 0 Å². The van der Waals surface area contributed by atoms with Crippen LogP contribution in [0.2, 0.25) is 10.2 Å². The van der Waals surface area contributed by atoms with Crippen molar-refractivity contribution < 1.29 is 4.39 Å². The van der Waals surface area contributed by atoms with Crippen molar-refractivity contribution in [3.05, 3.63) is 39.8 Å². The molecule has 1 heterocycles. The molecule has 2 rings (SSSR count). The third-order valence-corrected chi connectivity index (χ3v) is 2.51. The van der Waals surface area contributed by atoms with Gasteiger partial charge in [-0.1, -0.05) is 23.2 Å². The summed E-state index contributed by atoms with van der Waals surface area (Å²) in [5.41, 5.74) is 1.02. The molecule has 0 saturated carbocycles. The highest BCUT2D eigenvalue weighted by Gasteiger charge is 2.06. The molecule has 0 amide bonds. The highest BCUT2D eigenvalue weighted by atomic mass is 35.5. The Balaban J connectivity index is 2.89. The molecule has 1 nitrogen and oxygen atoms in total. The second-order valence-corrected chi connectivity index (χ2v) is 3.84. The van der Waals surface area contributed by atoms with Gasteiger partial charge in [-0.3, -0.25) is 0 Å². The third kappa shape index (κ3) is 1.56. The van der Waals surface area contributed by atoms with E-state index in [0.29, 0.717) is 16.1 Å². The predicted octanol–water partition coefficient (Wildman–Crippen LogP) is 3.99. The van der Waals surface area contributed by atoms with E-state index in [9.17, 15) is 4.39 Å². The molecule has 0 N–H and O–H groups in total. The predicted molar refractivity (Wildman–Crippen MR) is 56.5 cm³/mol. The van der Waals surface area contributed by atoms with Crippen LogP contribution >= 0.6 is 23.2 Å². The quantitative estimate of drug-likeness (QED) is 0.623. The summed E-state index contributed by atoms with van der Waals surface area (Å²) in [6, 6.07) is 4.54. The van der Waals surface area contributed by atoms with Crippen molar-refractivity contribution in [2.45, 2.75) is 6.92 Å². The summed E-state index contributed by atoms with van der Waals surface area (Å²) in [5.74, 6) is -0.302. The van der Waals surface area contributed by atoms with Crippen molar-refractivity contribution in [1.82, 2.24) is 4.98 Å². The maximum absolute atomic E-state index is 13.2. The van der Waals surface area contributed by atoms with E-state index in [2.05, 4.69) is 4.98 Å². The van der Waals surface area contributed by atoms with Gasteiger partial charge in [-0.25, -0.2) is 9.37 Å². The Morgan fingerprint density at radius 2 is 1.93 bits per heavy atom. The smallest absolute Gasteiger partial charge is 0.131 e. The van der Waals surface area contributed by atoms with E-state index in [1.54, 1.807) is 19.1 Å². The van der Waals surface area contributed by atoms with Crippen LogP contribution in [0.5, 0.6) is 0 Å². The lowest BCUT2D eigenvalue weighted by atomic mass is 10.1. The van der Waals surface area contributed by atoms with E-state index >= 15 is 0 Å². The van der Waals surface area contributed by atoms with Crippen LogP contribution in [0.4, 0.5) is 4.39 Å². The molecule has 2 aromatic rings. The van der Waals surface area contributed by atoms with Gasteiger partial charge in [0.2, 0.25) is 0 Å². The number of hydrogen-bond acceptors (Lipinski definition) is 1. The Labute approximate surface area is 90.5 Å². The van der Waals surface area contributed by atoms with E-state index in [-0.39, 0.29) is 11.0 Å². The Hall–Kier alpha value is -0.860. The van der Waals surface area contributed by atoms with Gasteiger partial charge in [0, 0.05) is 11.5 Å². The minimum Gasteiger partial charge on any atom is -0.236 e. The van der Waals surface area contributed by atoms with Crippen molar-refractivity contribution in [2.24, 2.45) is 0 Å². The fourth-order valence-electron chi connectivity index (χ4n) is 1.28. The molecule has 0 fully saturated rings. The zero-order valence-electron chi connectivity index (χ0n) is 7.31. The Morgan fingerprint density at radius 3 is 2.64 bits per heavy atom. The lowest BCUT2D eigenvalue weighted by Gasteiger charge is -2.03. The van der Waals surface area contributed by atoms with E-state index in [4.69, 9.17) is 23.2 Å². The van der Waals surface area contributed by atoms with E-state index in [1.807, 2.05) is 0 Å². The molecular weight excluding hydrogens is 224 g/mol. The molecule has 0 atom stereocenters.